The summed E-state index contributed by atoms with van der Waals surface area (Å²) in [5.74, 6) is 1.95. The molecule has 0 aliphatic carbocycles. The van der Waals surface area contributed by atoms with Crippen LogP contribution < -0.4 is 0 Å². The van der Waals surface area contributed by atoms with Crippen LogP contribution in [-0.4, -0.2) is 34.4 Å². The average molecular weight is 692 g/mol. The van der Waals surface area contributed by atoms with Crippen molar-refractivity contribution < 1.29 is 0 Å². The zero-order valence-corrected chi connectivity index (χ0v) is 28.1. The Hall–Kier alpha value is -6.00. The Morgan fingerprint density at radius 2 is 0.837 bits per heavy atom. The van der Waals surface area contributed by atoms with Gasteiger partial charge >= 0.3 is 215 Å². The second-order valence-electron chi connectivity index (χ2n) is 11.9. The molecule has 0 radical (unpaired) electrons. The minimum absolute atomic E-state index is 0.129. The van der Waals surface area contributed by atoms with Gasteiger partial charge in [-0.15, -0.1) is 0 Å². The van der Waals surface area contributed by atoms with Crippen LogP contribution in [0.2, 0.25) is 0 Å². The van der Waals surface area contributed by atoms with E-state index in [0.717, 1.165) is 33.3 Å². The van der Waals surface area contributed by atoms with Crippen molar-refractivity contribution in [1.29, 1.82) is 0 Å². The second kappa shape index (κ2) is 12.6. The third-order valence-electron chi connectivity index (χ3n) is 8.76. The Morgan fingerprint density at radius 1 is 0.347 bits per heavy atom. The van der Waals surface area contributed by atoms with Crippen molar-refractivity contribution in [2.75, 3.05) is 0 Å². The Labute approximate surface area is 290 Å². The molecular formula is C44H28N4Se. The molecule has 2 heterocycles. The largest absolute Gasteiger partial charge is 0.0615 e. The molecule has 0 saturated carbocycles. The van der Waals surface area contributed by atoms with Gasteiger partial charge in [0.25, 0.3) is 0 Å². The molecule has 9 aromatic rings. The van der Waals surface area contributed by atoms with Gasteiger partial charge in [-0.25, -0.2) is 4.98 Å². The zero-order valence-electron chi connectivity index (χ0n) is 26.4. The number of benzene rings is 7. The Kier molecular flexibility index (Phi) is 7.47. The molecule has 7 aromatic carbocycles. The van der Waals surface area contributed by atoms with Crippen LogP contribution in [0.4, 0.5) is 0 Å². The van der Waals surface area contributed by atoms with E-state index in [0.29, 0.717) is 17.5 Å². The molecule has 2 aromatic heterocycles. The number of rotatable bonds is 6. The molecule has 0 amide bonds. The van der Waals surface area contributed by atoms with E-state index in [1.54, 1.807) is 0 Å². The summed E-state index contributed by atoms with van der Waals surface area (Å²) in [4.78, 5) is 19.9. The average Bonchev–Trinajstić information content (AvgIpc) is 3.64. The normalized spacial score (nSPS) is 11.3. The van der Waals surface area contributed by atoms with Gasteiger partial charge in [0.2, 0.25) is 0 Å². The molecule has 0 aliphatic heterocycles. The predicted octanol–water partition coefficient (Wildman–Crippen LogP) is 10.6. The number of hydrogen-bond donors (Lipinski definition) is 0. The van der Waals surface area contributed by atoms with Gasteiger partial charge in [0, 0.05) is 11.1 Å². The molecule has 0 N–H and O–H groups in total. The maximum Gasteiger partial charge on any atom is -0.0512 e. The summed E-state index contributed by atoms with van der Waals surface area (Å²) < 4.78 is 2.53. The minimum Gasteiger partial charge on any atom is -0.0615 e. The van der Waals surface area contributed by atoms with Crippen LogP contribution in [0.5, 0.6) is 0 Å². The molecule has 0 bridgehead atoms. The Morgan fingerprint density at radius 3 is 1.47 bits per heavy atom. The summed E-state index contributed by atoms with van der Waals surface area (Å²) in [6.45, 7) is 0. The molecule has 0 fully saturated rings. The summed E-state index contributed by atoms with van der Waals surface area (Å²) in [7, 11) is 0. The molecular weight excluding hydrogens is 663 g/mol. The van der Waals surface area contributed by atoms with Gasteiger partial charge < -0.3 is 0 Å². The van der Waals surface area contributed by atoms with E-state index in [9.17, 15) is 0 Å². The zero-order chi connectivity index (χ0) is 32.6. The summed E-state index contributed by atoms with van der Waals surface area (Å²) in [6, 6.07) is 59.1. The second-order valence-corrected chi connectivity index (χ2v) is 14.0. The summed E-state index contributed by atoms with van der Waals surface area (Å²) >= 11 is 0.129. The molecule has 9 rings (SSSR count). The van der Waals surface area contributed by atoms with Crippen molar-refractivity contribution in [2.45, 2.75) is 0 Å². The predicted molar refractivity (Wildman–Crippen MR) is 202 cm³/mol. The van der Waals surface area contributed by atoms with Gasteiger partial charge in [-0.05, 0) is 0 Å². The van der Waals surface area contributed by atoms with Crippen LogP contribution in [0.3, 0.4) is 0 Å². The fourth-order valence-electron chi connectivity index (χ4n) is 6.33. The molecule has 230 valence electrons. The number of fused-ring (bicyclic) bond motifs is 3. The third-order valence-corrected chi connectivity index (χ3v) is 11.2. The van der Waals surface area contributed by atoms with E-state index >= 15 is 0 Å². The first kappa shape index (κ1) is 29.2. The number of hydrogen-bond acceptors (Lipinski definition) is 4. The van der Waals surface area contributed by atoms with Crippen LogP contribution in [0.15, 0.2) is 170 Å². The van der Waals surface area contributed by atoms with Crippen LogP contribution in [-0.2, 0) is 0 Å². The van der Waals surface area contributed by atoms with Gasteiger partial charge in [0.1, 0.15) is 0 Å². The fourth-order valence-corrected chi connectivity index (χ4v) is 8.63. The van der Waals surface area contributed by atoms with Gasteiger partial charge in [-0.3, -0.25) is 0 Å². The van der Waals surface area contributed by atoms with Crippen molar-refractivity contribution in [2.24, 2.45) is 0 Å². The van der Waals surface area contributed by atoms with Crippen molar-refractivity contribution >= 4 is 35.1 Å². The van der Waals surface area contributed by atoms with E-state index in [1.165, 1.54) is 36.3 Å². The van der Waals surface area contributed by atoms with Crippen molar-refractivity contribution in [1.82, 2.24) is 19.9 Å². The van der Waals surface area contributed by atoms with Gasteiger partial charge in [-0.2, -0.15) is 0 Å². The van der Waals surface area contributed by atoms with Crippen LogP contribution in [0.1, 0.15) is 0 Å². The Bertz CT molecular complexity index is 2540. The fraction of sp³-hybridized carbons (Fsp3) is 0. The first-order chi connectivity index (χ1) is 24.3. The van der Waals surface area contributed by atoms with E-state index in [4.69, 9.17) is 19.9 Å². The van der Waals surface area contributed by atoms with Crippen LogP contribution >= 0.6 is 0 Å². The SMILES string of the molecule is c1ccc(-c2nc(-c3ccccc3)nc(-c3cccc(-c4ccccc4-c4ccc5ccc6nc(-c7ccccc7)[se]c6c5c4)c3)n2)cc1. The molecule has 5 heteroatoms. The van der Waals surface area contributed by atoms with Crippen molar-refractivity contribution in [3.05, 3.63) is 170 Å². The number of nitrogens with zero attached hydrogens (tertiary/aromatic N) is 4. The van der Waals surface area contributed by atoms with Gasteiger partial charge in [-0.1, -0.05) is 60.7 Å². The smallest absolute Gasteiger partial charge is 0.0512 e. The molecule has 0 unspecified atom stereocenters. The quantitative estimate of drug-likeness (QED) is 0.163. The molecule has 4 nitrogen and oxygen atoms in total. The topological polar surface area (TPSA) is 51.6 Å². The number of aromatic nitrogens is 4. The maximum absolute atomic E-state index is 5.06. The maximum atomic E-state index is 5.06. The van der Waals surface area contributed by atoms with E-state index in [1.807, 2.05) is 60.7 Å². The molecule has 0 atom stereocenters. The van der Waals surface area contributed by atoms with Crippen LogP contribution in [0, 0.1) is 0 Å². The summed E-state index contributed by atoms with van der Waals surface area (Å²) in [6.07, 6.45) is 0. The Balaban J connectivity index is 1.15. The third kappa shape index (κ3) is 5.66. The monoisotopic (exact) mass is 692 g/mol. The summed E-state index contributed by atoms with van der Waals surface area (Å²) in [5.41, 5.74) is 9.77. The van der Waals surface area contributed by atoms with E-state index in [2.05, 4.69) is 109 Å². The molecule has 0 saturated heterocycles. The van der Waals surface area contributed by atoms with Crippen molar-refractivity contribution in [3.63, 3.8) is 0 Å². The van der Waals surface area contributed by atoms with Gasteiger partial charge in [0.15, 0.2) is 0 Å². The molecule has 0 spiro atoms. The minimum atomic E-state index is 0.129. The summed E-state index contributed by atoms with van der Waals surface area (Å²) in [5, 5.41) is 2.52. The molecule has 49 heavy (non-hydrogen) atoms. The first-order valence-corrected chi connectivity index (χ1v) is 17.9. The van der Waals surface area contributed by atoms with Gasteiger partial charge in [0.05, 0.1) is 0 Å². The van der Waals surface area contributed by atoms with E-state index in [-0.39, 0.29) is 14.5 Å². The van der Waals surface area contributed by atoms with Crippen molar-refractivity contribution in [3.8, 4) is 66.5 Å². The van der Waals surface area contributed by atoms with E-state index < -0.39 is 0 Å². The first-order valence-electron chi connectivity index (χ1n) is 16.2. The molecule has 0 aliphatic rings. The standard InChI is InChI=1S/C44H28N4Se/c1-4-13-30(14-5-1)41-46-42(31-15-6-2-7-16-31)48-43(47-41)35-20-12-19-33(27-35)36-21-10-11-22-37(36)34-24-23-29-25-26-39-40(38(29)28-34)49-44(45-39)32-17-8-3-9-18-32/h1-28H. The van der Waals surface area contributed by atoms with Crippen LogP contribution in [0.25, 0.3) is 87.1 Å².